The van der Waals surface area contributed by atoms with Gasteiger partial charge in [-0.1, -0.05) is 12.1 Å². The van der Waals surface area contributed by atoms with Gasteiger partial charge in [-0.25, -0.2) is 0 Å². The Balaban J connectivity index is 1.80. The second-order valence-corrected chi connectivity index (χ2v) is 7.77. The molecule has 6 nitrogen and oxygen atoms in total. The molecule has 6 heteroatoms. The Morgan fingerprint density at radius 3 is 2.34 bits per heavy atom. The topological polar surface area (TPSA) is 70.3 Å². The summed E-state index contributed by atoms with van der Waals surface area (Å²) in [6.07, 6.45) is 1.65. The Labute approximate surface area is 189 Å². The van der Waals surface area contributed by atoms with E-state index in [1.165, 1.54) is 0 Å². The number of nitriles is 1. The fourth-order valence-corrected chi connectivity index (χ4v) is 3.56. The van der Waals surface area contributed by atoms with Crippen LogP contribution in [0, 0.1) is 25.2 Å². The molecule has 0 bridgehead atoms. The standard InChI is InChI=1S/C26H28N4O2/c1-18-14-21(19(2)30(18)24-10-8-23(9-11-24)29(3)4)15-22(16-27)26(31)28-17-20-6-12-25(32-5)13-7-20/h6-15H,17H2,1-5H3,(H,28,31)/b22-15-. The highest BCUT2D eigenvalue weighted by atomic mass is 16.5. The van der Waals surface area contributed by atoms with Gasteiger partial charge < -0.3 is 19.5 Å². The number of aryl methyl sites for hydroxylation is 1. The number of rotatable bonds is 7. The molecule has 1 N–H and O–H groups in total. The van der Waals surface area contributed by atoms with Crippen molar-refractivity contribution in [2.45, 2.75) is 20.4 Å². The third kappa shape index (κ3) is 5.01. The van der Waals surface area contributed by atoms with E-state index >= 15 is 0 Å². The van der Waals surface area contributed by atoms with E-state index in [1.807, 2.05) is 64.3 Å². The molecular formula is C26H28N4O2. The highest BCUT2D eigenvalue weighted by Crippen LogP contribution is 2.24. The smallest absolute Gasteiger partial charge is 0.262 e. The molecule has 0 aliphatic carbocycles. The number of carbonyl (C=O) groups is 1. The second-order valence-electron chi connectivity index (χ2n) is 7.77. The predicted octanol–water partition coefficient (Wildman–Crippen LogP) is 4.39. The van der Waals surface area contributed by atoms with Crippen molar-refractivity contribution in [1.82, 2.24) is 9.88 Å². The Morgan fingerprint density at radius 1 is 1.12 bits per heavy atom. The van der Waals surface area contributed by atoms with Gasteiger partial charge in [-0.2, -0.15) is 5.26 Å². The van der Waals surface area contributed by atoms with E-state index in [0.717, 1.165) is 39.6 Å². The zero-order valence-corrected chi connectivity index (χ0v) is 19.1. The van der Waals surface area contributed by atoms with Gasteiger partial charge in [0.2, 0.25) is 0 Å². The number of ether oxygens (including phenoxy) is 1. The van der Waals surface area contributed by atoms with Crippen molar-refractivity contribution >= 4 is 17.7 Å². The monoisotopic (exact) mass is 428 g/mol. The lowest BCUT2D eigenvalue weighted by Gasteiger charge is -2.14. The maximum absolute atomic E-state index is 12.6. The van der Waals surface area contributed by atoms with Crippen molar-refractivity contribution in [3.63, 3.8) is 0 Å². The molecule has 2 aromatic carbocycles. The summed E-state index contributed by atoms with van der Waals surface area (Å²) < 4.78 is 7.26. The number of aromatic nitrogens is 1. The van der Waals surface area contributed by atoms with Gasteiger partial charge in [0.05, 0.1) is 7.11 Å². The van der Waals surface area contributed by atoms with Crippen molar-refractivity contribution in [3.05, 3.63) is 82.7 Å². The summed E-state index contributed by atoms with van der Waals surface area (Å²) in [6.45, 7) is 4.34. The largest absolute Gasteiger partial charge is 0.497 e. The Morgan fingerprint density at radius 2 is 1.78 bits per heavy atom. The predicted molar refractivity (Wildman–Crippen MR) is 128 cm³/mol. The summed E-state index contributed by atoms with van der Waals surface area (Å²) in [5.74, 6) is 0.354. The van der Waals surface area contributed by atoms with E-state index in [-0.39, 0.29) is 5.57 Å². The molecule has 3 aromatic rings. The fourth-order valence-electron chi connectivity index (χ4n) is 3.56. The van der Waals surface area contributed by atoms with Crippen LogP contribution in [0.1, 0.15) is 22.5 Å². The molecule has 0 saturated heterocycles. The molecule has 0 unspecified atom stereocenters. The quantitative estimate of drug-likeness (QED) is 0.448. The minimum Gasteiger partial charge on any atom is -0.497 e. The molecule has 3 rings (SSSR count). The number of methoxy groups -OCH3 is 1. The molecular weight excluding hydrogens is 400 g/mol. The number of benzene rings is 2. The van der Waals surface area contributed by atoms with Crippen molar-refractivity contribution in [2.24, 2.45) is 0 Å². The zero-order valence-electron chi connectivity index (χ0n) is 19.1. The first kappa shape index (κ1) is 22.7. The lowest BCUT2D eigenvalue weighted by atomic mass is 10.1. The third-order valence-electron chi connectivity index (χ3n) is 5.37. The molecule has 1 aromatic heterocycles. The van der Waals surface area contributed by atoms with E-state index in [2.05, 4.69) is 39.0 Å². The molecule has 0 fully saturated rings. The van der Waals surface area contributed by atoms with Gasteiger partial charge in [0, 0.05) is 43.4 Å². The van der Waals surface area contributed by atoms with Crippen LogP contribution >= 0.6 is 0 Å². The molecule has 0 aliphatic rings. The molecule has 0 atom stereocenters. The van der Waals surface area contributed by atoms with Crippen molar-refractivity contribution in [1.29, 1.82) is 5.26 Å². The van der Waals surface area contributed by atoms with Crippen LogP contribution in [0.3, 0.4) is 0 Å². The number of nitrogens with one attached hydrogen (secondary N) is 1. The third-order valence-corrected chi connectivity index (χ3v) is 5.37. The number of amides is 1. The summed E-state index contributed by atoms with van der Waals surface area (Å²) in [6, 6.07) is 19.7. The minimum atomic E-state index is -0.400. The van der Waals surface area contributed by atoms with E-state index in [0.29, 0.717) is 6.54 Å². The van der Waals surface area contributed by atoms with Crippen LogP contribution in [0.15, 0.2) is 60.2 Å². The Kier molecular flexibility index (Phi) is 7.01. The Hall–Kier alpha value is -3.98. The fraction of sp³-hybridized carbons (Fsp3) is 0.231. The van der Waals surface area contributed by atoms with Crippen LogP contribution in [-0.4, -0.2) is 31.7 Å². The lowest BCUT2D eigenvalue weighted by Crippen LogP contribution is -2.23. The molecule has 0 saturated carbocycles. The summed E-state index contributed by atoms with van der Waals surface area (Å²) in [5.41, 5.74) is 6.00. The highest BCUT2D eigenvalue weighted by molar-refractivity contribution is 6.01. The first-order valence-corrected chi connectivity index (χ1v) is 10.3. The number of carbonyl (C=O) groups excluding carboxylic acids is 1. The minimum absolute atomic E-state index is 0.0710. The van der Waals surface area contributed by atoms with Crippen LogP contribution in [0.25, 0.3) is 11.8 Å². The molecule has 1 heterocycles. The molecule has 164 valence electrons. The average Bonchev–Trinajstić information content (AvgIpc) is 3.08. The van der Waals surface area contributed by atoms with Gasteiger partial charge in [-0.15, -0.1) is 0 Å². The van der Waals surface area contributed by atoms with Crippen molar-refractivity contribution in [2.75, 3.05) is 26.1 Å². The van der Waals surface area contributed by atoms with Gasteiger partial charge in [-0.3, -0.25) is 4.79 Å². The van der Waals surface area contributed by atoms with E-state index < -0.39 is 5.91 Å². The number of nitrogens with zero attached hydrogens (tertiary/aromatic N) is 3. The van der Waals surface area contributed by atoms with Gasteiger partial charge in [0.15, 0.2) is 0 Å². The molecule has 32 heavy (non-hydrogen) atoms. The van der Waals surface area contributed by atoms with Crippen LogP contribution in [0.4, 0.5) is 5.69 Å². The van der Waals surface area contributed by atoms with Crippen molar-refractivity contribution < 1.29 is 9.53 Å². The van der Waals surface area contributed by atoms with E-state index in [4.69, 9.17) is 4.74 Å². The van der Waals surface area contributed by atoms with E-state index in [9.17, 15) is 10.1 Å². The van der Waals surface area contributed by atoms with Crippen LogP contribution in [-0.2, 0) is 11.3 Å². The average molecular weight is 429 g/mol. The van der Waals surface area contributed by atoms with Crippen LogP contribution in [0.5, 0.6) is 5.75 Å². The molecule has 0 radical (unpaired) electrons. The maximum Gasteiger partial charge on any atom is 0.262 e. The van der Waals surface area contributed by atoms with E-state index in [1.54, 1.807) is 13.2 Å². The lowest BCUT2D eigenvalue weighted by molar-refractivity contribution is -0.117. The highest BCUT2D eigenvalue weighted by Gasteiger charge is 2.14. The number of anilines is 1. The molecule has 0 spiro atoms. The van der Waals surface area contributed by atoms with Crippen molar-refractivity contribution in [3.8, 4) is 17.5 Å². The first-order chi connectivity index (χ1) is 15.3. The van der Waals surface area contributed by atoms with Gasteiger partial charge >= 0.3 is 0 Å². The van der Waals surface area contributed by atoms with Gasteiger partial charge in [0.1, 0.15) is 17.4 Å². The summed E-state index contributed by atoms with van der Waals surface area (Å²) in [7, 11) is 5.62. The number of hydrogen-bond donors (Lipinski definition) is 1. The summed E-state index contributed by atoms with van der Waals surface area (Å²) >= 11 is 0. The SMILES string of the molecule is COc1ccc(CNC(=O)/C(C#N)=C\c2cc(C)n(-c3ccc(N(C)C)cc3)c2C)cc1. The molecule has 0 aliphatic heterocycles. The summed E-state index contributed by atoms with van der Waals surface area (Å²) in [5, 5.41) is 12.4. The van der Waals surface area contributed by atoms with Crippen LogP contribution in [0.2, 0.25) is 0 Å². The maximum atomic E-state index is 12.6. The number of hydrogen-bond acceptors (Lipinski definition) is 4. The van der Waals surface area contributed by atoms with Gasteiger partial charge in [0.25, 0.3) is 5.91 Å². The normalized spacial score (nSPS) is 11.1. The zero-order chi connectivity index (χ0) is 23.3. The Bertz CT molecular complexity index is 1160. The van der Waals surface area contributed by atoms with Crippen LogP contribution < -0.4 is 15.0 Å². The first-order valence-electron chi connectivity index (χ1n) is 10.3. The van der Waals surface area contributed by atoms with Gasteiger partial charge in [-0.05, 0) is 73.5 Å². The molecule has 1 amide bonds. The second kappa shape index (κ2) is 9.88. The summed E-state index contributed by atoms with van der Waals surface area (Å²) in [4.78, 5) is 14.7.